The Balaban J connectivity index is 1.61. The highest BCUT2D eigenvalue weighted by Gasteiger charge is 2.09. The van der Waals surface area contributed by atoms with Gasteiger partial charge in [-0.2, -0.15) is 0 Å². The van der Waals surface area contributed by atoms with Crippen LogP contribution in [0.5, 0.6) is 0 Å². The second-order valence-electron chi connectivity index (χ2n) is 6.86. The predicted octanol–water partition coefficient (Wildman–Crippen LogP) is 5.94. The number of nitrogens with two attached hydrogens (primary N) is 1. The summed E-state index contributed by atoms with van der Waals surface area (Å²) in [5.41, 5.74) is 14.6. The maximum Gasteiger partial charge on any atom is 0.100 e. The Hall–Kier alpha value is -3.85. The molecule has 5 rings (SSSR count). The van der Waals surface area contributed by atoms with Crippen molar-refractivity contribution in [1.29, 1.82) is 0 Å². The molecule has 0 amide bonds. The molecule has 0 radical (unpaired) electrons. The van der Waals surface area contributed by atoms with E-state index < -0.39 is 0 Å². The molecular formula is C25H19N3. The Bertz CT molecular complexity index is 1260. The molecular weight excluding hydrogens is 342 g/mol. The van der Waals surface area contributed by atoms with E-state index in [2.05, 4.69) is 70.2 Å². The van der Waals surface area contributed by atoms with E-state index in [0.29, 0.717) is 0 Å². The van der Waals surface area contributed by atoms with Crippen LogP contribution in [0.4, 0.5) is 5.69 Å². The minimum absolute atomic E-state index is 0.735. The van der Waals surface area contributed by atoms with E-state index in [-0.39, 0.29) is 0 Å². The molecule has 4 aromatic carbocycles. The van der Waals surface area contributed by atoms with Crippen LogP contribution in [0.15, 0.2) is 103 Å². The fourth-order valence-electron chi connectivity index (χ4n) is 3.60. The van der Waals surface area contributed by atoms with Gasteiger partial charge in [0.15, 0.2) is 0 Å². The van der Waals surface area contributed by atoms with Crippen LogP contribution < -0.4 is 5.73 Å². The number of hydrogen-bond donors (Lipinski definition) is 1. The van der Waals surface area contributed by atoms with Gasteiger partial charge in [-0.15, -0.1) is 0 Å². The molecule has 2 N–H and O–H groups in total. The molecule has 0 unspecified atom stereocenters. The Morgan fingerprint density at radius 2 is 1.29 bits per heavy atom. The Labute approximate surface area is 163 Å². The summed E-state index contributed by atoms with van der Waals surface area (Å²) in [5, 5.41) is 0. The van der Waals surface area contributed by atoms with Crippen molar-refractivity contribution in [3.05, 3.63) is 103 Å². The zero-order valence-electron chi connectivity index (χ0n) is 15.3. The predicted molar refractivity (Wildman–Crippen MR) is 116 cm³/mol. The van der Waals surface area contributed by atoms with Crippen molar-refractivity contribution in [3.8, 4) is 27.9 Å². The summed E-state index contributed by atoms with van der Waals surface area (Å²) in [5.74, 6) is 0. The molecule has 1 heterocycles. The fourth-order valence-corrected chi connectivity index (χ4v) is 3.60. The van der Waals surface area contributed by atoms with Crippen LogP contribution in [0.2, 0.25) is 0 Å². The number of benzene rings is 4. The van der Waals surface area contributed by atoms with E-state index in [1.165, 1.54) is 5.56 Å². The molecule has 28 heavy (non-hydrogen) atoms. The van der Waals surface area contributed by atoms with E-state index >= 15 is 0 Å². The first-order valence-corrected chi connectivity index (χ1v) is 9.27. The average Bonchev–Trinajstić information content (AvgIpc) is 3.18. The summed E-state index contributed by atoms with van der Waals surface area (Å²) in [7, 11) is 0. The van der Waals surface area contributed by atoms with Gasteiger partial charge in [0.2, 0.25) is 0 Å². The highest BCUT2D eigenvalue weighted by atomic mass is 15.0. The quantitative estimate of drug-likeness (QED) is 0.404. The zero-order valence-corrected chi connectivity index (χ0v) is 15.3. The first-order chi connectivity index (χ1) is 13.8. The van der Waals surface area contributed by atoms with Crippen LogP contribution in [-0.2, 0) is 0 Å². The fraction of sp³-hybridized carbons (Fsp3) is 0. The van der Waals surface area contributed by atoms with E-state index in [0.717, 1.165) is 39.1 Å². The lowest BCUT2D eigenvalue weighted by Crippen LogP contribution is -1.96. The van der Waals surface area contributed by atoms with Crippen molar-refractivity contribution in [1.82, 2.24) is 9.55 Å². The zero-order chi connectivity index (χ0) is 18.9. The SMILES string of the molecule is Nc1cc(-c2ccccc2)cc(-n2cnc3cc(-c4ccccc4)ccc32)c1. The van der Waals surface area contributed by atoms with Crippen molar-refractivity contribution < 1.29 is 0 Å². The molecule has 0 spiro atoms. The number of rotatable bonds is 3. The molecule has 0 aliphatic heterocycles. The standard InChI is InChI=1S/C25H19N3/c26-22-13-21(19-9-5-2-6-10-19)14-23(16-22)28-17-27-24-15-20(11-12-25(24)28)18-7-3-1-4-8-18/h1-17H,26H2. The van der Waals surface area contributed by atoms with Gasteiger partial charge in [0.1, 0.15) is 6.33 Å². The van der Waals surface area contributed by atoms with E-state index in [9.17, 15) is 0 Å². The first-order valence-electron chi connectivity index (χ1n) is 9.27. The number of aromatic nitrogens is 2. The van der Waals surface area contributed by atoms with E-state index in [1.54, 1.807) is 0 Å². The van der Waals surface area contributed by atoms with Crippen LogP contribution in [-0.4, -0.2) is 9.55 Å². The van der Waals surface area contributed by atoms with Crippen molar-refractivity contribution in [3.63, 3.8) is 0 Å². The van der Waals surface area contributed by atoms with Gasteiger partial charge in [-0.3, -0.25) is 4.57 Å². The minimum atomic E-state index is 0.735. The third-order valence-corrected chi connectivity index (χ3v) is 4.98. The average molecular weight is 361 g/mol. The van der Waals surface area contributed by atoms with Crippen LogP contribution in [0, 0.1) is 0 Å². The summed E-state index contributed by atoms with van der Waals surface area (Å²) in [4.78, 5) is 4.64. The van der Waals surface area contributed by atoms with Gasteiger partial charge in [-0.05, 0) is 52.6 Å². The third kappa shape index (κ3) is 2.93. The second kappa shape index (κ2) is 6.71. The van der Waals surface area contributed by atoms with Crippen molar-refractivity contribution in [2.75, 3.05) is 5.73 Å². The smallest absolute Gasteiger partial charge is 0.100 e. The summed E-state index contributed by atoms with van der Waals surface area (Å²) < 4.78 is 2.09. The molecule has 0 aliphatic carbocycles. The van der Waals surface area contributed by atoms with Crippen molar-refractivity contribution in [2.24, 2.45) is 0 Å². The first kappa shape index (κ1) is 16.3. The number of nitrogens with zero attached hydrogens (tertiary/aromatic N) is 2. The van der Waals surface area contributed by atoms with Gasteiger partial charge in [0, 0.05) is 11.4 Å². The molecule has 0 aliphatic rings. The molecule has 134 valence electrons. The lowest BCUT2D eigenvalue weighted by molar-refractivity contribution is 1.09. The summed E-state index contributed by atoms with van der Waals surface area (Å²) in [6, 6.07) is 33.2. The van der Waals surface area contributed by atoms with Gasteiger partial charge >= 0.3 is 0 Å². The third-order valence-electron chi connectivity index (χ3n) is 4.98. The normalized spacial score (nSPS) is 11.0. The van der Waals surface area contributed by atoms with Crippen molar-refractivity contribution in [2.45, 2.75) is 0 Å². The lowest BCUT2D eigenvalue weighted by atomic mass is 10.0. The number of nitrogen functional groups attached to an aromatic ring is 1. The summed E-state index contributed by atoms with van der Waals surface area (Å²) in [6.07, 6.45) is 1.86. The van der Waals surface area contributed by atoms with E-state index in [4.69, 9.17) is 5.73 Å². The highest BCUT2D eigenvalue weighted by Crippen LogP contribution is 2.29. The summed E-state index contributed by atoms with van der Waals surface area (Å²) >= 11 is 0. The number of fused-ring (bicyclic) bond motifs is 1. The molecule has 1 aromatic heterocycles. The molecule has 3 heteroatoms. The molecule has 0 atom stereocenters. The van der Waals surface area contributed by atoms with Gasteiger partial charge < -0.3 is 5.73 Å². The molecule has 0 saturated carbocycles. The highest BCUT2D eigenvalue weighted by molar-refractivity contribution is 5.84. The van der Waals surface area contributed by atoms with E-state index in [1.807, 2.05) is 42.7 Å². The van der Waals surface area contributed by atoms with Gasteiger partial charge in [-0.25, -0.2) is 4.98 Å². The molecule has 0 fully saturated rings. The minimum Gasteiger partial charge on any atom is -0.399 e. The monoisotopic (exact) mass is 361 g/mol. The van der Waals surface area contributed by atoms with Gasteiger partial charge in [-0.1, -0.05) is 66.7 Å². The molecule has 0 bridgehead atoms. The Kier molecular flexibility index (Phi) is 3.91. The number of hydrogen-bond acceptors (Lipinski definition) is 2. The van der Waals surface area contributed by atoms with Gasteiger partial charge in [0.25, 0.3) is 0 Å². The van der Waals surface area contributed by atoms with Crippen LogP contribution in [0.25, 0.3) is 39.0 Å². The van der Waals surface area contributed by atoms with Crippen molar-refractivity contribution >= 4 is 16.7 Å². The second-order valence-corrected chi connectivity index (χ2v) is 6.86. The van der Waals surface area contributed by atoms with Crippen LogP contribution >= 0.6 is 0 Å². The Morgan fingerprint density at radius 3 is 2.00 bits per heavy atom. The number of anilines is 1. The largest absolute Gasteiger partial charge is 0.399 e. The lowest BCUT2D eigenvalue weighted by Gasteiger charge is -2.10. The Morgan fingerprint density at radius 1 is 0.607 bits per heavy atom. The number of imidazole rings is 1. The molecule has 0 saturated heterocycles. The van der Waals surface area contributed by atoms with Crippen LogP contribution in [0.3, 0.4) is 0 Å². The maximum absolute atomic E-state index is 6.21. The summed E-state index contributed by atoms with van der Waals surface area (Å²) in [6.45, 7) is 0. The maximum atomic E-state index is 6.21. The van der Waals surface area contributed by atoms with Gasteiger partial charge in [0.05, 0.1) is 11.0 Å². The molecule has 3 nitrogen and oxygen atoms in total. The molecule has 5 aromatic rings. The topological polar surface area (TPSA) is 43.8 Å². The van der Waals surface area contributed by atoms with Crippen LogP contribution in [0.1, 0.15) is 0 Å².